The molecule has 0 aliphatic heterocycles. The molecule has 0 amide bonds. The Morgan fingerprint density at radius 2 is 1.94 bits per heavy atom. The van der Waals surface area contributed by atoms with E-state index in [0.717, 1.165) is 0 Å². The summed E-state index contributed by atoms with van der Waals surface area (Å²) < 4.78 is 0. The van der Waals surface area contributed by atoms with Crippen molar-refractivity contribution in [1.82, 2.24) is 0 Å². The maximum atomic E-state index is 10.8. The number of carbonyl (C=O) groups is 1. The smallest absolute Gasteiger partial charge is 0.269 e. The fraction of sp³-hybridized carbons (Fsp3) is 0.300. The Hall–Kier alpha value is -1.99. The molecule has 1 aromatic rings. The summed E-state index contributed by atoms with van der Waals surface area (Å²) in [7, 11) is 0. The molecule has 2 atom stereocenters. The lowest BCUT2D eigenvalue weighted by molar-refractivity contribution is -0.498. The summed E-state index contributed by atoms with van der Waals surface area (Å²) in [6, 6.07) is 4.94. The predicted molar refractivity (Wildman–Crippen MR) is 54.4 cm³/mol. The van der Waals surface area contributed by atoms with Crippen molar-refractivity contribution in [3.05, 3.63) is 39.9 Å². The van der Waals surface area contributed by atoms with Crippen LogP contribution in [0, 0.1) is 10.1 Å². The van der Waals surface area contributed by atoms with Gasteiger partial charge in [0.1, 0.15) is 12.1 Å². The lowest BCUT2D eigenvalue weighted by atomic mass is 9.90. The fourth-order valence-electron chi connectivity index (χ4n) is 1.26. The molecule has 0 radical (unpaired) electrons. The topological polar surface area (TPSA) is 131 Å². The predicted octanol–water partition coefficient (Wildman–Crippen LogP) is -1.62. The molecule has 17 heavy (non-hydrogen) atoms. The van der Waals surface area contributed by atoms with Gasteiger partial charge in [-0.3, -0.25) is 10.1 Å². The van der Waals surface area contributed by atoms with Crippen LogP contribution in [0.1, 0.15) is 18.6 Å². The van der Waals surface area contributed by atoms with Gasteiger partial charge in [0.15, 0.2) is 5.54 Å². The molecule has 7 nitrogen and oxygen atoms in total. The highest BCUT2D eigenvalue weighted by molar-refractivity contribution is 5.75. The normalized spacial score (nSPS) is 15.9. The molecule has 0 spiro atoms. The third kappa shape index (κ3) is 2.58. The van der Waals surface area contributed by atoms with E-state index in [0.29, 0.717) is 0 Å². The SMILES string of the molecule is C[C@@]([NH3+])(C(=O)[O-])[C@@H](O)c1ccc([N+](=O)[O-])cc1. The molecule has 7 heteroatoms. The molecule has 0 aromatic heterocycles. The van der Waals surface area contributed by atoms with Gasteiger partial charge in [-0.25, -0.2) is 0 Å². The number of rotatable bonds is 4. The number of aliphatic hydroxyl groups is 1. The summed E-state index contributed by atoms with van der Waals surface area (Å²) in [5.41, 5.74) is 1.74. The van der Waals surface area contributed by atoms with Crippen molar-refractivity contribution in [2.75, 3.05) is 0 Å². The second-order valence-corrected chi connectivity index (χ2v) is 3.96. The summed E-state index contributed by atoms with van der Waals surface area (Å²) in [6.07, 6.45) is -1.40. The maximum absolute atomic E-state index is 10.8. The molecule has 0 aliphatic rings. The number of carboxylic acids is 1. The highest BCUT2D eigenvalue weighted by Gasteiger charge is 2.35. The van der Waals surface area contributed by atoms with Gasteiger partial charge in [0.05, 0.1) is 4.92 Å². The Balaban J connectivity index is 3.02. The Morgan fingerprint density at radius 1 is 1.47 bits per heavy atom. The van der Waals surface area contributed by atoms with Gasteiger partial charge in [0.25, 0.3) is 5.69 Å². The van der Waals surface area contributed by atoms with Gasteiger partial charge in [0, 0.05) is 12.1 Å². The van der Waals surface area contributed by atoms with Crippen molar-refractivity contribution < 1.29 is 25.7 Å². The Morgan fingerprint density at radius 3 is 2.29 bits per heavy atom. The molecular weight excluding hydrogens is 228 g/mol. The standard InChI is InChI=1S/C10H12N2O5/c1-10(11,9(14)15)8(13)6-2-4-7(5-3-6)12(16)17/h2-5,8,13H,11H2,1H3,(H,14,15)/t8-,10-/m0/s1. The van der Waals surface area contributed by atoms with Crippen LogP contribution in [0.5, 0.6) is 0 Å². The second kappa shape index (κ2) is 4.48. The molecule has 0 fully saturated rings. The number of carbonyl (C=O) groups excluding carboxylic acids is 1. The van der Waals surface area contributed by atoms with Crippen LogP contribution >= 0.6 is 0 Å². The van der Waals surface area contributed by atoms with Crippen LogP contribution in [0.4, 0.5) is 5.69 Å². The minimum Gasteiger partial charge on any atom is -0.544 e. The maximum Gasteiger partial charge on any atom is 0.269 e. The Labute approximate surface area is 96.6 Å². The van der Waals surface area contributed by atoms with Crippen LogP contribution in [0.25, 0.3) is 0 Å². The van der Waals surface area contributed by atoms with Crippen molar-refractivity contribution in [2.24, 2.45) is 0 Å². The summed E-state index contributed by atoms with van der Waals surface area (Å²) in [5.74, 6) is -1.50. The largest absolute Gasteiger partial charge is 0.544 e. The van der Waals surface area contributed by atoms with Crippen molar-refractivity contribution in [1.29, 1.82) is 0 Å². The number of benzene rings is 1. The summed E-state index contributed by atoms with van der Waals surface area (Å²) >= 11 is 0. The summed E-state index contributed by atoms with van der Waals surface area (Å²) in [4.78, 5) is 20.6. The zero-order valence-electron chi connectivity index (χ0n) is 9.12. The average molecular weight is 240 g/mol. The molecule has 1 rings (SSSR count). The van der Waals surface area contributed by atoms with E-state index in [4.69, 9.17) is 0 Å². The van der Waals surface area contributed by atoms with E-state index in [1.807, 2.05) is 0 Å². The number of hydrogen-bond acceptors (Lipinski definition) is 5. The van der Waals surface area contributed by atoms with E-state index in [1.54, 1.807) is 0 Å². The molecule has 92 valence electrons. The fourth-order valence-corrected chi connectivity index (χ4v) is 1.26. The van der Waals surface area contributed by atoms with E-state index < -0.39 is 22.5 Å². The van der Waals surface area contributed by atoms with E-state index >= 15 is 0 Å². The van der Waals surface area contributed by atoms with Crippen molar-refractivity contribution in [3.8, 4) is 0 Å². The van der Waals surface area contributed by atoms with Crippen LogP contribution in [-0.2, 0) is 4.79 Å². The van der Waals surface area contributed by atoms with Gasteiger partial charge >= 0.3 is 0 Å². The van der Waals surface area contributed by atoms with Crippen molar-refractivity contribution in [3.63, 3.8) is 0 Å². The first-order valence-electron chi connectivity index (χ1n) is 4.76. The van der Waals surface area contributed by atoms with Crippen LogP contribution < -0.4 is 10.8 Å². The number of carboxylic acid groups (broad SMARTS) is 1. The molecule has 1 aromatic carbocycles. The van der Waals surface area contributed by atoms with E-state index in [2.05, 4.69) is 5.73 Å². The summed E-state index contributed by atoms with van der Waals surface area (Å²) in [5, 5.41) is 31.0. The number of quaternary nitrogens is 1. The van der Waals surface area contributed by atoms with Crippen LogP contribution in [0.2, 0.25) is 0 Å². The van der Waals surface area contributed by atoms with Gasteiger partial charge in [-0.05, 0) is 24.6 Å². The third-order valence-electron chi connectivity index (χ3n) is 2.49. The van der Waals surface area contributed by atoms with Crippen molar-refractivity contribution >= 4 is 11.7 Å². The Bertz CT molecular complexity index is 441. The van der Waals surface area contributed by atoms with Gasteiger partial charge in [-0.1, -0.05) is 0 Å². The van der Waals surface area contributed by atoms with Gasteiger partial charge < -0.3 is 20.7 Å². The minimum absolute atomic E-state index is 0.139. The number of non-ortho nitro benzene ring substituents is 1. The second-order valence-electron chi connectivity index (χ2n) is 3.96. The quantitative estimate of drug-likeness (QED) is 0.482. The lowest BCUT2D eigenvalue weighted by Crippen LogP contribution is -2.80. The number of nitro benzene ring substituents is 1. The van der Waals surface area contributed by atoms with Crippen LogP contribution in [-0.4, -0.2) is 21.5 Å². The highest BCUT2D eigenvalue weighted by Crippen LogP contribution is 2.23. The number of nitrogens with zero attached hydrogens (tertiary/aromatic N) is 1. The molecule has 4 N–H and O–H groups in total. The lowest BCUT2D eigenvalue weighted by Gasteiger charge is -2.27. The van der Waals surface area contributed by atoms with Crippen LogP contribution in [0.3, 0.4) is 0 Å². The van der Waals surface area contributed by atoms with Crippen molar-refractivity contribution in [2.45, 2.75) is 18.6 Å². The minimum atomic E-state index is -1.71. The first kappa shape index (κ1) is 13.1. The number of nitro groups is 1. The van der Waals surface area contributed by atoms with E-state index in [-0.39, 0.29) is 11.3 Å². The number of hydrogen-bond donors (Lipinski definition) is 2. The molecule has 0 unspecified atom stereocenters. The molecule has 0 aliphatic carbocycles. The third-order valence-corrected chi connectivity index (χ3v) is 2.49. The van der Waals surface area contributed by atoms with Gasteiger partial charge in [-0.15, -0.1) is 0 Å². The number of aliphatic carboxylic acids is 1. The van der Waals surface area contributed by atoms with E-state index in [1.165, 1.54) is 31.2 Å². The molecule has 0 saturated carbocycles. The molecule has 0 saturated heterocycles. The highest BCUT2D eigenvalue weighted by atomic mass is 16.6. The van der Waals surface area contributed by atoms with Crippen LogP contribution in [0.15, 0.2) is 24.3 Å². The van der Waals surface area contributed by atoms with E-state index in [9.17, 15) is 25.1 Å². The molecular formula is C10H12N2O5. The van der Waals surface area contributed by atoms with Gasteiger partial charge in [-0.2, -0.15) is 0 Å². The zero-order chi connectivity index (χ0) is 13.2. The monoisotopic (exact) mass is 240 g/mol. The molecule has 0 heterocycles. The summed E-state index contributed by atoms with van der Waals surface area (Å²) in [6.45, 7) is 1.22. The Kier molecular flexibility index (Phi) is 3.45. The first-order chi connectivity index (χ1) is 7.76. The zero-order valence-corrected chi connectivity index (χ0v) is 9.12. The molecule has 0 bridgehead atoms. The van der Waals surface area contributed by atoms with Gasteiger partial charge in [0.2, 0.25) is 0 Å². The first-order valence-corrected chi connectivity index (χ1v) is 4.76. The number of aliphatic hydroxyl groups excluding tert-OH is 1. The average Bonchev–Trinajstić information content (AvgIpc) is 2.27.